The van der Waals surface area contributed by atoms with Gasteiger partial charge in [-0.15, -0.1) is 0 Å². The second kappa shape index (κ2) is 6.44. The maximum atomic E-state index is 4.69. The van der Waals surface area contributed by atoms with Crippen molar-refractivity contribution in [2.75, 3.05) is 5.32 Å². The summed E-state index contributed by atoms with van der Waals surface area (Å²) < 4.78 is 2.40. The molecule has 3 heteroatoms. The topological polar surface area (TPSA) is 29.9 Å². The Labute approximate surface area is 117 Å². The second-order valence-corrected chi connectivity index (χ2v) is 6.22. The van der Waals surface area contributed by atoms with E-state index < -0.39 is 0 Å². The lowest BCUT2D eigenvalue weighted by molar-refractivity contribution is 0.354. The molecule has 0 bridgehead atoms. The molecule has 1 aromatic heterocycles. The number of imidazole rings is 1. The molecule has 0 aliphatic heterocycles. The van der Waals surface area contributed by atoms with E-state index in [2.05, 4.69) is 43.8 Å². The largest absolute Gasteiger partial charge is 0.353 e. The molecule has 1 aliphatic rings. The molecular weight excluding hydrogens is 234 g/mol. The Hall–Kier alpha value is -0.990. The molecule has 1 heterocycles. The minimum atomic E-state index is 0.481. The first kappa shape index (κ1) is 14.4. The predicted molar refractivity (Wildman–Crippen MR) is 81.6 cm³/mol. The van der Waals surface area contributed by atoms with E-state index in [0.29, 0.717) is 18.0 Å². The van der Waals surface area contributed by atoms with E-state index in [-0.39, 0.29) is 0 Å². The zero-order chi connectivity index (χ0) is 13.8. The van der Waals surface area contributed by atoms with Gasteiger partial charge in [0.1, 0.15) is 0 Å². The predicted octanol–water partition coefficient (Wildman–Crippen LogP) is 4.54. The highest BCUT2D eigenvalue weighted by Crippen LogP contribution is 2.31. The van der Waals surface area contributed by atoms with Gasteiger partial charge in [0.05, 0.1) is 5.69 Å². The summed E-state index contributed by atoms with van der Waals surface area (Å²) in [5.74, 6) is 1.76. The number of rotatable bonds is 5. The van der Waals surface area contributed by atoms with Gasteiger partial charge < -0.3 is 9.88 Å². The lowest BCUT2D eigenvalue weighted by Gasteiger charge is -2.27. The SMILES string of the molecule is CCC(C)C(C)Nc1nc(C)cn1C1CCCCC1. The van der Waals surface area contributed by atoms with Crippen molar-refractivity contribution in [3.05, 3.63) is 11.9 Å². The number of hydrogen-bond donors (Lipinski definition) is 1. The molecule has 0 aromatic carbocycles. The van der Waals surface area contributed by atoms with Crippen LogP contribution in [0.25, 0.3) is 0 Å². The third-order valence-electron chi connectivity index (χ3n) is 4.68. The van der Waals surface area contributed by atoms with Crippen molar-refractivity contribution in [3.8, 4) is 0 Å². The van der Waals surface area contributed by atoms with Crippen molar-refractivity contribution < 1.29 is 0 Å². The van der Waals surface area contributed by atoms with Gasteiger partial charge in [-0.3, -0.25) is 0 Å². The number of hydrogen-bond acceptors (Lipinski definition) is 2. The van der Waals surface area contributed by atoms with E-state index >= 15 is 0 Å². The molecule has 0 radical (unpaired) electrons. The average Bonchev–Trinajstić information content (AvgIpc) is 2.79. The Morgan fingerprint density at radius 1 is 1.32 bits per heavy atom. The highest BCUT2D eigenvalue weighted by atomic mass is 15.2. The van der Waals surface area contributed by atoms with Gasteiger partial charge in [0.2, 0.25) is 5.95 Å². The fourth-order valence-electron chi connectivity index (χ4n) is 2.96. The van der Waals surface area contributed by atoms with Crippen molar-refractivity contribution in [3.63, 3.8) is 0 Å². The molecule has 0 saturated heterocycles. The highest BCUT2D eigenvalue weighted by molar-refractivity contribution is 5.31. The molecule has 1 N–H and O–H groups in total. The van der Waals surface area contributed by atoms with Crippen molar-refractivity contribution in [2.24, 2.45) is 5.92 Å². The van der Waals surface area contributed by atoms with Gasteiger partial charge in [0.15, 0.2) is 0 Å². The zero-order valence-electron chi connectivity index (χ0n) is 12.9. The Balaban J connectivity index is 2.11. The van der Waals surface area contributed by atoms with E-state index in [1.54, 1.807) is 0 Å². The lowest BCUT2D eigenvalue weighted by Crippen LogP contribution is -2.26. The first-order valence-electron chi connectivity index (χ1n) is 7.93. The first-order chi connectivity index (χ1) is 9.11. The second-order valence-electron chi connectivity index (χ2n) is 6.22. The molecule has 2 atom stereocenters. The third kappa shape index (κ3) is 3.52. The van der Waals surface area contributed by atoms with Gasteiger partial charge >= 0.3 is 0 Å². The Morgan fingerprint density at radius 3 is 2.63 bits per heavy atom. The van der Waals surface area contributed by atoms with Gasteiger partial charge in [0.25, 0.3) is 0 Å². The van der Waals surface area contributed by atoms with E-state index in [0.717, 1.165) is 11.6 Å². The lowest BCUT2D eigenvalue weighted by atomic mass is 9.95. The molecule has 0 amide bonds. The molecule has 1 aromatic rings. The van der Waals surface area contributed by atoms with Gasteiger partial charge in [-0.1, -0.05) is 39.5 Å². The number of aromatic nitrogens is 2. The normalized spacial score (nSPS) is 20.2. The van der Waals surface area contributed by atoms with Crippen LogP contribution in [-0.2, 0) is 0 Å². The minimum Gasteiger partial charge on any atom is -0.353 e. The summed E-state index contributed by atoms with van der Waals surface area (Å²) in [5.41, 5.74) is 1.13. The van der Waals surface area contributed by atoms with Crippen LogP contribution >= 0.6 is 0 Å². The number of aryl methyl sites for hydroxylation is 1. The summed E-state index contributed by atoms with van der Waals surface area (Å²) in [6.07, 6.45) is 10.2. The summed E-state index contributed by atoms with van der Waals surface area (Å²) >= 11 is 0. The molecule has 1 fully saturated rings. The fraction of sp³-hybridized carbons (Fsp3) is 0.812. The molecule has 2 rings (SSSR count). The molecule has 2 unspecified atom stereocenters. The number of nitrogens with one attached hydrogen (secondary N) is 1. The molecule has 0 spiro atoms. The van der Waals surface area contributed by atoms with Crippen LogP contribution < -0.4 is 5.32 Å². The van der Waals surface area contributed by atoms with Crippen LogP contribution in [0.15, 0.2) is 6.20 Å². The maximum Gasteiger partial charge on any atom is 0.203 e. The fourth-order valence-corrected chi connectivity index (χ4v) is 2.96. The Bertz CT molecular complexity index is 391. The van der Waals surface area contributed by atoms with Crippen LogP contribution in [0.5, 0.6) is 0 Å². The van der Waals surface area contributed by atoms with Crippen LogP contribution in [0.4, 0.5) is 5.95 Å². The Morgan fingerprint density at radius 2 is 2.00 bits per heavy atom. The minimum absolute atomic E-state index is 0.481. The average molecular weight is 263 g/mol. The quantitative estimate of drug-likeness (QED) is 0.845. The zero-order valence-corrected chi connectivity index (χ0v) is 12.9. The maximum absolute atomic E-state index is 4.69. The monoisotopic (exact) mass is 263 g/mol. The summed E-state index contributed by atoms with van der Waals surface area (Å²) in [7, 11) is 0. The molecule has 19 heavy (non-hydrogen) atoms. The van der Waals surface area contributed by atoms with E-state index in [1.165, 1.54) is 38.5 Å². The molecule has 1 aliphatic carbocycles. The first-order valence-corrected chi connectivity index (χ1v) is 7.93. The van der Waals surface area contributed by atoms with Crippen LogP contribution in [0, 0.1) is 12.8 Å². The van der Waals surface area contributed by atoms with E-state index in [1.807, 2.05) is 0 Å². The molecule has 1 saturated carbocycles. The summed E-state index contributed by atoms with van der Waals surface area (Å²) in [4.78, 5) is 4.69. The van der Waals surface area contributed by atoms with Gasteiger partial charge in [-0.25, -0.2) is 4.98 Å². The van der Waals surface area contributed by atoms with Crippen LogP contribution in [0.1, 0.15) is 71.0 Å². The van der Waals surface area contributed by atoms with Crippen LogP contribution in [0.3, 0.4) is 0 Å². The van der Waals surface area contributed by atoms with E-state index in [4.69, 9.17) is 4.98 Å². The van der Waals surface area contributed by atoms with Crippen molar-refractivity contribution in [2.45, 2.75) is 78.3 Å². The van der Waals surface area contributed by atoms with Crippen LogP contribution in [0.2, 0.25) is 0 Å². The van der Waals surface area contributed by atoms with Crippen molar-refractivity contribution >= 4 is 5.95 Å². The summed E-state index contributed by atoms with van der Waals surface area (Å²) in [6.45, 7) is 8.92. The van der Waals surface area contributed by atoms with Gasteiger partial charge in [-0.2, -0.15) is 0 Å². The molecule has 3 nitrogen and oxygen atoms in total. The van der Waals surface area contributed by atoms with Crippen molar-refractivity contribution in [1.29, 1.82) is 0 Å². The number of anilines is 1. The van der Waals surface area contributed by atoms with Crippen LogP contribution in [-0.4, -0.2) is 15.6 Å². The summed E-state index contributed by atoms with van der Waals surface area (Å²) in [6, 6.07) is 1.13. The number of nitrogens with zero attached hydrogens (tertiary/aromatic N) is 2. The smallest absolute Gasteiger partial charge is 0.203 e. The van der Waals surface area contributed by atoms with Crippen molar-refractivity contribution in [1.82, 2.24) is 9.55 Å². The standard InChI is InChI=1S/C16H29N3/c1-5-12(2)14(4)18-16-17-13(3)11-19(16)15-9-7-6-8-10-15/h11-12,14-15H,5-10H2,1-4H3,(H,17,18). The van der Waals surface area contributed by atoms with Gasteiger partial charge in [-0.05, 0) is 32.6 Å². The molecule has 108 valence electrons. The molecular formula is C16H29N3. The third-order valence-corrected chi connectivity index (χ3v) is 4.68. The Kier molecular flexibility index (Phi) is 4.89. The summed E-state index contributed by atoms with van der Waals surface area (Å²) in [5, 5.41) is 3.63. The highest BCUT2D eigenvalue weighted by Gasteiger charge is 2.20. The van der Waals surface area contributed by atoms with E-state index in [9.17, 15) is 0 Å². The van der Waals surface area contributed by atoms with Gasteiger partial charge in [0, 0.05) is 18.3 Å².